The van der Waals surface area contributed by atoms with Crippen molar-refractivity contribution in [1.82, 2.24) is 10.2 Å². The van der Waals surface area contributed by atoms with Gasteiger partial charge in [-0.05, 0) is 0 Å². The molecule has 0 atom stereocenters. The molecule has 1 fully saturated rings. The normalized spacial score (nSPS) is 27.2. The van der Waals surface area contributed by atoms with E-state index in [0.29, 0.717) is 0 Å². The van der Waals surface area contributed by atoms with Gasteiger partial charge in [-0.2, -0.15) is 0 Å². The third-order valence-electron chi connectivity index (χ3n) is 1.12. The first-order valence-electron chi connectivity index (χ1n) is 3.73. The van der Waals surface area contributed by atoms with Crippen LogP contribution >= 0.6 is 0 Å². The lowest BCUT2D eigenvalue weighted by molar-refractivity contribution is 0.197. The second-order valence-corrected chi connectivity index (χ2v) is 1.75. The largest absolute Gasteiger partial charge is 0.395 e. The highest BCUT2D eigenvalue weighted by Gasteiger charge is 2.17. The minimum Gasteiger partial charge on any atom is -0.395 e. The molecule has 0 saturated carbocycles. The highest BCUT2D eigenvalue weighted by atomic mass is 16.3. The molecule has 1 aliphatic rings. The Kier molecular flexibility index (Phi) is 1.22. The second kappa shape index (κ2) is 2.68. The van der Waals surface area contributed by atoms with E-state index in [1.165, 1.54) is 4.90 Å². The van der Waals surface area contributed by atoms with Crippen LogP contribution in [0.1, 0.15) is 2.74 Å². The topological polar surface area (TPSA) is 52.6 Å². The third kappa shape index (κ3) is 1.32. The number of aliphatic hydroxyl groups is 1. The Bertz CT molecular complexity index is 174. The monoisotopic (exact) mass is 132 g/mol. The number of carbonyl (C=O) groups is 1. The number of β-amino-alcohol motifs (C(OH)–C–C–N with tert-alkyl or cyclic N) is 1. The van der Waals surface area contributed by atoms with E-state index in [0.717, 1.165) is 0 Å². The Morgan fingerprint density at radius 2 is 2.78 bits per heavy atom. The summed E-state index contributed by atoms with van der Waals surface area (Å²) in [5.74, 6) is 0. The zero-order valence-electron chi connectivity index (χ0n) is 6.92. The number of carbonyl (C=O) groups excluding carboxylic acids is 1. The fraction of sp³-hybridized carbons (Fsp3) is 0.800. The molecule has 0 aliphatic carbocycles. The van der Waals surface area contributed by atoms with E-state index >= 15 is 0 Å². The number of nitrogens with zero attached hydrogens (tertiary/aromatic N) is 1. The molecule has 4 heteroatoms. The number of rotatable bonds is 2. The summed E-state index contributed by atoms with van der Waals surface area (Å²) >= 11 is 0. The van der Waals surface area contributed by atoms with Gasteiger partial charge in [0.1, 0.15) is 0 Å². The molecule has 52 valence electrons. The summed E-state index contributed by atoms with van der Waals surface area (Å²) in [5.41, 5.74) is 0. The molecule has 1 aliphatic heterocycles. The summed E-state index contributed by atoms with van der Waals surface area (Å²) in [7, 11) is 0. The summed E-state index contributed by atoms with van der Waals surface area (Å²) in [6.45, 7) is -1.59. The smallest absolute Gasteiger partial charge is 0.317 e. The van der Waals surface area contributed by atoms with Crippen LogP contribution < -0.4 is 5.32 Å². The number of hydrogen-bond donors (Lipinski definition) is 2. The van der Waals surface area contributed by atoms with Crippen LogP contribution in [-0.4, -0.2) is 42.2 Å². The quantitative estimate of drug-likeness (QED) is 0.506. The van der Waals surface area contributed by atoms with E-state index in [-0.39, 0.29) is 19.7 Å². The molecule has 0 aromatic heterocycles. The number of hydrogen-bond acceptors (Lipinski definition) is 2. The van der Waals surface area contributed by atoms with Gasteiger partial charge in [-0.1, -0.05) is 0 Å². The van der Waals surface area contributed by atoms with Gasteiger partial charge in [0, 0.05) is 19.6 Å². The van der Waals surface area contributed by atoms with Gasteiger partial charge in [-0.3, -0.25) is 0 Å². The van der Waals surface area contributed by atoms with Crippen molar-refractivity contribution in [2.45, 2.75) is 0 Å². The number of aliphatic hydroxyl groups excluding tert-OH is 1. The van der Waals surface area contributed by atoms with Crippen LogP contribution in [0.5, 0.6) is 0 Å². The molecule has 0 aromatic rings. The van der Waals surface area contributed by atoms with Crippen LogP contribution in [0.4, 0.5) is 4.79 Å². The maximum atomic E-state index is 10.8. The molecule has 9 heavy (non-hydrogen) atoms. The molecule has 0 spiro atoms. The minimum absolute atomic E-state index is 0.00634. The minimum atomic E-state index is -1.65. The summed E-state index contributed by atoms with van der Waals surface area (Å²) in [4.78, 5) is 12.1. The van der Waals surface area contributed by atoms with Crippen LogP contribution in [0, 0.1) is 0 Å². The molecule has 0 unspecified atom stereocenters. The summed E-state index contributed by atoms with van der Waals surface area (Å²) < 4.78 is 14.3. The summed E-state index contributed by atoms with van der Waals surface area (Å²) in [6, 6.07) is -0.455. The van der Waals surface area contributed by atoms with E-state index in [9.17, 15) is 4.79 Å². The number of nitrogens with one attached hydrogen (secondary N) is 1. The zero-order valence-corrected chi connectivity index (χ0v) is 4.92. The van der Waals surface area contributed by atoms with E-state index in [2.05, 4.69) is 5.32 Å². The highest BCUT2D eigenvalue weighted by molar-refractivity contribution is 5.76. The van der Waals surface area contributed by atoms with E-state index in [1.807, 2.05) is 0 Å². The molecule has 0 radical (unpaired) electrons. The van der Waals surface area contributed by atoms with Crippen molar-refractivity contribution in [2.24, 2.45) is 0 Å². The highest BCUT2D eigenvalue weighted by Crippen LogP contribution is 1.93. The Balaban J connectivity index is 2.52. The Hall–Kier alpha value is -0.770. The lowest BCUT2D eigenvalue weighted by Crippen LogP contribution is -2.30. The first-order valence-corrected chi connectivity index (χ1v) is 2.73. The van der Waals surface area contributed by atoms with Crippen molar-refractivity contribution in [1.29, 1.82) is 0 Å². The predicted molar refractivity (Wildman–Crippen MR) is 32.1 cm³/mol. The van der Waals surface area contributed by atoms with Gasteiger partial charge in [0.05, 0.1) is 9.35 Å². The molecule has 4 nitrogen and oxygen atoms in total. The van der Waals surface area contributed by atoms with Crippen LogP contribution in [-0.2, 0) is 0 Å². The average molecular weight is 132 g/mol. The second-order valence-electron chi connectivity index (χ2n) is 1.75. The molecule has 1 rings (SSSR count). The molecule has 1 heterocycles. The van der Waals surface area contributed by atoms with E-state index in [4.69, 9.17) is 7.85 Å². The SMILES string of the molecule is [2H]C1([2H])CN(CCO)C(=O)N1. The van der Waals surface area contributed by atoms with Crippen LogP contribution in [0.3, 0.4) is 0 Å². The van der Waals surface area contributed by atoms with Crippen molar-refractivity contribution >= 4 is 6.03 Å². The van der Waals surface area contributed by atoms with Crippen molar-refractivity contribution in [3.8, 4) is 0 Å². The molecular formula is C5H10N2O2. The standard InChI is InChI=1S/C5H10N2O2/c8-4-3-7-2-1-6-5(7)9/h8H,1-4H2,(H,6,9)/i1D2. The molecular weight excluding hydrogens is 120 g/mol. The number of amides is 2. The van der Waals surface area contributed by atoms with Gasteiger partial charge in [0.15, 0.2) is 0 Å². The van der Waals surface area contributed by atoms with Crippen LogP contribution in [0.15, 0.2) is 0 Å². The Labute approximate surface area is 56.3 Å². The predicted octanol–water partition coefficient (Wildman–Crippen LogP) is -0.996. The average Bonchev–Trinajstić information content (AvgIpc) is 2.07. The van der Waals surface area contributed by atoms with Crippen LogP contribution in [0.2, 0.25) is 0 Å². The Morgan fingerprint density at radius 3 is 3.22 bits per heavy atom. The maximum Gasteiger partial charge on any atom is 0.317 e. The van der Waals surface area contributed by atoms with E-state index < -0.39 is 12.5 Å². The third-order valence-corrected chi connectivity index (χ3v) is 1.12. The maximum absolute atomic E-state index is 10.8. The lowest BCUT2D eigenvalue weighted by Gasteiger charge is -2.10. The molecule has 0 aromatic carbocycles. The van der Waals surface area contributed by atoms with Gasteiger partial charge in [0.25, 0.3) is 0 Å². The van der Waals surface area contributed by atoms with Crippen LogP contribution in [0.25, 0.3) is 0 Å². The van der Waals surface area contributed by atoms with Gasteiger partial charge < -0.3 is 15.3 Å². The summed E-state index contributed by atoms with van der Waals surface area (Å²) in [6.07, 6.45) is 0. The Morgan fingerprint density at radius 1 is 2.00 bits per heavy atom. The zero-order chi connectivity index (χ0) is 8.48. The van der Waals surface area contributed by atoms with Gasteiger partial charge in [-0.25, -0.2) is 4.79 Å². The first-order chi connectivity index (χ1) is 5.05. The fourth-order valence-electron chi connectivity index (χ4n) is 0.663. The van der Waals surface area contributed by atoms with Crippen molar-refractivity contribution in [2.75, 3.05) is 26.2 Å². The van der Waals surface area contributed by atoms with Gasteiger partial charge in [-0.15, -0.1) is 0 Å². The molecule has 2 N–H and O–H groups in total. The first kappa shape index (κ1) is 4.11. The van der Waals surface area contributed by atoms with Crippen molar-refractivity contribution < 1.29 is 12.6 Å². The fourth-order valence-corrected chi connectivity index (χ4v) is 0.663. The van der Waals surface area contributed by atoms with Gasteiger partial charge in [0.2, 0.25) is 0 Å². The van der Waals surface area contributed by atoms with E-state index in [1.54, 1.807) is 0 Å². The molecule has 1 saturated heterocycles. The molecule has 2 amide bonds. The summed E-state index contributed by atoms with van der Waals surface area (Å²) in [5, 5.41) is 10.6. The lowest BCUT2D eigenvalue weighted by atomic mass is 10.5. The number of urea groups is 1. The molecule has 0 bridgehead atoms. The van der Waals surface area contributed by atoms with Crippen molar-refractivity contribution in [3.05, 3.63) is 0 Å². The van der Waals surface area contributed by atoms with Crippen molar-refractivity contribution in [3.63, 3.8) is 0 Å². The van der Waals surface area contributed by atoms with Gasteiger partial charge >= 0.3 is 6.03 Å².